The molecule has 2 N–H and O–H groups in total. The second-order valence-corrected chi connectivity index (χ2v) is 4.13. The molecule has 0 amide bonds. The van der Waals surface area contributed by atoms with Crippen molar-refractivity contribution >= 4 is 33.2 Å². The van der Waals surface area contributed by atoms with E-state index in [-0.39, 0.29) is 0 Å². The normalized spacial score (nSPS) is 12.6. The highest BCUT2D eigenvalue weighted by Crippen LogP contribution is 2.20. The molecule has 5 heteroatoms. The first-order chi connectivity index (χ1) is 6.22. The average molecular weight is 214 g/mol. The van der Waals surface area contributed by atoms with E-state index >= 15 is 0 Å². The first kappa shape index (κ1) is 8.59. The highest BCUT2D eigenvalue weighted by Gasteiger charge is 2.01. The van der Waals surface area contributed by atoms with Gasteiger partial charge in [-0.1, -0.05) is 22.9 Å². The molecule has 0 unspecified atom stereocenters. The van der Waals surface area contributed by atoms with Gasteiger partial charge in [0.15, 0.2) is 0 Å². The van der Waals surface area contributed by atoms with E-state index < -0.39 is 0 Å². The zero-order chi connectivity index (χ0) is 9.42. The molecule has 2 rings (SSSR count). The number of hydrogen-bond acceptors (Lipinski definition) is 3. The summed E-state index contributed by atoms with van der Waals surface area (Å²) < 4.78 is 3.04. The Bertz CT molecular complexity index is 512. The molecular weight excluding hydrogens is 206 g/mol. The molecule has 0 saturated heterocycles. The molecule has 13 heavy (non-hydrogen) atoms. The van der Waals surface area contributed by atoms with Gasteiger partial charge in [-0.3, -0.25) is 0 Å². The quantitative estimate of drug-likeness (QED) is 0.525. The van der Waals surface area contributed by atoms with Crippen LogP contribution in [-0.4, -0.2) is 4.57 Å². The van der Waals surface area contributed by atoms with Crippen LogP contribution in [-0.2, 0) is 7.05 Å². The molecule has 0 atom stereocenters. The lowest BCUT2D eigenvalue weighted by atomic mass is 10.3. The van der Waals surface area contributed by atoms with Crippen LogP contribution in [0.1, 0.15) is 0 Å². The van der Waals surface area contributed by atoms with Gasteiger partial charge in [-0.25, -0.2) is 0 Å². The fraction of sp³-hybridized carbons (Fsp3) is 0.125. The third-order valence-corrected chi connectivity index (χ3v) is 3.23. The van der Waals surface area contributed by atoms with Gasteiger partial charge < -0.3 is 10.4 Å². The van der Waals surface area contributed by atoms with Gasteiger partial charge in [-0.2, -0.15) is 5.10 Å². The van der Waals surface area contributed by atoms with Crippen LogP contribution in [0.15, 0.2) is 23.3 Å². The van der Waals surface area contributed by atoms with Crippen molar-refractivity contribution in [2.75, 3.05) is 0 Å². The van der Waals surface area contributed by atoms with E-state index in [4.69, 9.17) is 17.4 Å². The summed E-state index contributed by atoms with van der Waals surface area (Å²) >= 11 is 7.38. The summed E-state index contributed by atoms with van der Waals surface area (Å²) in [6.07, 6.45) is 0. The molecule has 0 bridgehead atoms. The van der Waals surface area contributed by atoms with Gasteiger partial charge in [0.1, 0.15) is 0 Å². The van der Waals surface area contributed by atoms with Crippen molar-refractivity contribution in [2.45, 2.75) is 0 Å². The lowest BCUT2D eigenvalue weighted by Crippen LogP contribution is -2.12. The van der Waals surface area contributed by atoms with Crippen molar-refractivity contribution in [1.82, 2.24) is 4.57 Å². The van der Waals surface area contributed by atoms with E-state index in [1.54, 1.807) is 0 Å². The number of halogens is 1. The first-order valence-electron chi connectivity index (χ1n) is 3.71. The largest absolute Gasteiger partial charge is 0.320 e. The van der Waals surface area contributed by atoms with E-state index in [1.807, 2.05) is 29.8 Å². The summed E-state index contributed by atoms with van der Waals surface area (Å²) in [5, 5.41) is 4.41. The minimum absolute atomic E-state index is 0.734. The molecule has 0 spiro atoms. The molecular formula is C8H8ClN3S. The Morgan fingerprint density at radius 3 is 3.00 bits per heavy atom. The summed E-state index contributed by atoms with van der Waals surface area (Å²) in [6, 6.07) is 5.73. The van der Waals surface area contributed by atoms with Gasteiger partial charge in [-0.15, -0.1) is 0 Å². The molecule has 0 aliphatic heterocycles. The second-order valence-electron chi connectivity index (χ2n) is 2.68. The Balaban J connectivity index is 2.93. The van der Waals surface area contributed by atoms with E-state index in [2.05, 4.69) is 5.10 Å². The van der Waals surface area contributed by atoms with Crippen LogP contribution >= 0.6 is 22.9 Å². The Morgan fingerprint density at radius 2 is 2.31 bits per heavy atom. The first-order valence-corrected chi connectivity index (χ1v) is 4.91. The highest BCUT2D eigenvalue weighted by atomic mass is 35.5. The summed E-state index contributed by atoms with van der Waals surface area (Å²) in [7, 11) is 1.93. The summed E-state index contributed by atoms with van der Waals surface area (Å²) in [6.45, 7) is 0. The molecule has 68 valence electrons. The van der Waals surface area contributed by atoms with Crippen LogP contribution in [0, 0.1) is 0 Å². The molecule has 0 aliphatic rings. The molecule has 3 nitrogen and oxygen atoms in total. The van der Waals surface area contributed by atoms with Crippen molar-refractivity contribution in [3.05, 3.63) is 28.0 Å². The van der Waals surface area contributed by atoms with Crippen LogP contribution in [0.3, 0.4) is 0 Å². The molecule has 0 fully saturated rings. The summed E-state index contributed by atoms with van der Waals surface area (Å²) in [4.78, 5) is 0.789. The standard InChI is InChI=1S/C8H8ClN3S/c1-12-6-3-2-5(9)4-7(6)13-8(12)11-10/h2-4H,10H2,1H3. The van der Waals surface area contributed by atoms with E-state index in [0.717, 1.165) is 20.0 Å². The van der Waals surface area contributed by atoms with Gasteiger partial charge in [0.05, 0.1) is 10.2 Å². The van der Waals surface area contributed by atoms with Crippen molar-refractivity contribution < 1.29 is 0 Å². The molecule has 0 saturated carbocycles. The SMILES string of the molecule is Cn1c(=NN)sc2cc(Cl)ccc21. The van der Waals surface area contributed by atoms with E-state index in [1.165, 1.54) is 11.3 Å². The molecule has 1 heterocycles. The van der Waals surface area contributed by atoms with Crippen LogP contribution in [0.2, 0.25) is 5.02 Å². The van der Waals surface area contributed by atoms with Gasteiger partial charge in [0, 0.05) is 12.1 Å². The maximum absolute atomic E-state index is 5.86. The van der Waals surface area contributed by atoms with Gasteiger partial charge in [0.2, 0.25) is 4.80 Å². The Morgan fingerprint density at radius 1 is 1.54 bits per heavy atom. The average Bonchev–Trinajstić information content (AvgIpc) is 2.42. The fourth-order valence-corrected chi connectivity index (χ4v) is 2.45. The lowest BCUT2D eigenvalue weighted by molar-refractivity contribution is 0.888. The second kappa shape index (κ2) is 3.05. The molecule has 0 aliphatic carbocycles. The van der Waals surface area contributed by atoms with Crippen LogP contribution in [0.4, 0.5) is 0 Å². The maximum Gasteiger partial charge on any atom is 0.208 e. The fourth-order valence-electron chi connectivity index (χ4n) is 1.23. The molecule has 0 radical (unpaired) electrons. The van der Waals surface area contributed by atoms with E-state index in [0.29, 0.717) is 0 Å². The number of rotatable bonds is 0. The zero-order valence-corrected chi connectivity index (χ0v) is 8.56. The van der Waals surface area contributed by atoms with Crippen molar-refractivity contribution in [1.29, 1.82) is 0 Å². The number of nitrogens with zero attached hydrogens (tertiary/aromatic N) is 2. The number of thiazole rings is 1. The topological polar surface area (TPSA) is 43.3 Å². The van der Waals surface area contributed by atoms with Gasteiger partial charge in [0.25, 0.3) is 0 Å². The summed E-state index contributed by atoms with van der Waals surface area (Å²) in [5.41, 5.74) is 1.10. The number of nitrogens with two attached hydrogens (primary N) is 1. The zero-order valence-electron chi connectivity index (χ0n) is 6.99. The minimum atomic E-state index is 0.734. The third kappa shape index (κ3) is 1.32. The van der Waals surface area contributed by atoms with Crippen LogP contribution in [0.25, 0.3) is 10.2 Å². The predicted molar refractivity (Wildman–Crippen MR) is 55.6 cm³/mol. The molecule has 2 aromatic rings. The lowest BCUT2D eigenvalue weighted by Gasteiger charge is -1.93. The van der Waals surface area contributed by atoms with Crippen molar-refractivity contribution in [3.63, 3.8) is 0 Å². The predicted octanol–water partition coefficient (Wildman–Crippen LogP) is 1.67. The third-order valence-electron chi connectivity index (χ3n) is 1.88. The van der Waals surface area contributed by atoms with Crippen molar-refractivity contribution in [3.8, 4) is 0 Å². The number of aromatic nitrogens is 1. The van der Waals surface area contributed by atoms with Gasteiger partial charge in [-0.05, 0) is 18.2 Å². The Labute approximate surface area is 84.1 Å². The Hall–Kier alpha value is -1.00. The smallest absolute Gasteiger partial charge is 0.208 e. The molecule has 1 aromatic heterocycles. The Kier molecular flexibility index (Phi) is 2.01. The minimum Gasteiger partial charge on any atom is -0.320 e. The monoisotopic (exact) mass is 213 g/mol. The number of fused-ring (bicyclic) bond motifs is 1. The highest BCUT2D eigenvalue weighted by molar-refractivity contribution is 7.16. The maximum atomic E-state index is 5.86. The van der Waals surface area contributed by atoms with Crippen molar-refractivity contribution in [2.24, 2.45) is 18.0 Å². The molecule has 1 aromatic carbocycles. The number of aryl methyl sites for hydroxylation is 1. The van der Waals surface area contributed by atoms with E-state index in [9.17, 15) is 0 Å². The van der Waals surface area contributed by atoms with Crippen LogP contribution in [0.5, 0.6) is 0 Å². The summed E-state index contributed by atoms with van der Waals surface area (Å²) in [5.74, 6) is 5.23. The number of hydrogen-bond donors (Lipinski definition) is 1. The van der Waals surface area contributed by atoms with Gasteiger partial charge >= 0.3 is 0 Å². The van der Waals surface area contributed by atoms with Crippen LogP contribution < -0.4 is 10.6 Å². The number of benzene rings is 1.